The van der Waals surface area contributed by atoms with Gasteiger partial charge in [-0.15, -0.1) is 11.3 Å². The Kier molecular flexibility index (Phi) is 4.84. The highest BCUT2D eigenvalue weighted by Gasteiger charge is 2.10. The van der Waals surface area contributed by atoms with Crippen molar-refractivity contribution >= 4 is 43.2 Å². The third kappa shape index (κ3) is 3.57. The Morgan fingerprint density at radius 2 is 2.06 bits per heavy atom. The van der Waals surface area contributed by atoms with E-state index in [9.17, 15) is 5.11 Å². The van der Waals surface area contributed by atoms with E-state index in [-0.39, 0.29) is 0 Å². The second-order valence-corrected chi connectivity index (χ2v) is 6.71. The zero-order chi connectivity index (χ0) is 13.1. The molecule has 0 saturated carbocycles. The quantitative estimate of drug-likeness (QED) is 0.802. The Labute approximate surface area is 127 Å². The molecule has 0 aliphatic carbocycles. The zero-order valence-electron chi connectivity index (χ0n) is 9.69. The molecule has 1 N–H and O–H groups in total. The second kappa shape index (κ2) is 6.19. The molecule has 2 aromatic rings. The van der Waals surface area contributed by atoms with E-state index in [1.165, 1.54) is 0 Å². The standard InChI is InChI=1S/C13H12Br2O2S/c1-8(16)12-5-9(14)2-3-13(12)17-6-11-4-10(15)7-18-11/h2-5,7-8,16H,6H2,1H3/t8-/m0/s1. The average Bonchev–Trinajstić information content (AvgIpc) is 2.73. The van der Waals surface area contributed by atoms with Crippen LogP contribution in [0.2, 0.25) is 0 Å². The van der Waals surface area contributed by atoms with Gasteiger partial charge in [0, 0.05) is 24.8 Å². The average molecular weight is 392 g/mol. The fourth-order valence-electron chi connectivity index (χ4n) is 1.56. The molecule has 1 heterocycles. The first-order chi connectivity index (χ1) is 8.56. The van der Waals surface area contributed by atoms with Crippen molar-refractivity contribution in [2.45, 2.75) is 19.6 Å². The van der Waals surface area contributed by atoms with Crippen LogP contribution in [0.1, 0.15) is 23.5 Å². The van der Waals surface area contributed by atoms with E-state index in [1.807, 2.05) is 29.6 Å². The number of rotatable bonds is 4. The summed E-state index contributed by atoms with van der Waals surface area (Å²) in [5.74, 6) is 0.720. The number of hydrogen-bond acceptors (Lipinski definition) is 3. The molecule has 1 atom stereocenters. The maximum atomic E-state index is 9.72. The molecule has 96 valence electrons. The van der Waals surface area contributed by atoms with Gasteiger partial charge in [0.05, 0.1) is 6.10 Å². The predicted octanol–water partition coefficient (Wildman–Crippen LogP) is 4.91. The Bertz CT molecular complexity index is 538. The SMILES string of the molecule is C[C@H](O)c1cc(Br)ccc1OCc1cc(Br)cs1. The van der Waals surface area contributed by atoms with E-state index in [4.69, 9.17) is 4.74 Å². The van der Waals surface area contributed by atoms with Crippen molar-refractivity contribution in [1.29, 1.82) is 0 Å². The molecule has 0 amide bonds. The zero-order valence-corrected chi connectivity index (χ0v) is 13.7. The molecule has 0 aliphatic heterocycles. The number of hydrogen-bond donors (Lipinski definition) is 1. The summed E-state index contributed by atoms with van der Waals surface area (Å²) >= 11 is 8.45. The number of aliphatic hydroxyl groups is 1. The van der Waals surface area contributed by atoms with Gasteiger partial charge >= 0.3 is 0 Å². The van der Waals surface area contributed by atoms with Crippen molar-refractivity contribution in [3.63, 3.8) is 0 Å². The molecule has 0 unspecified atom stereocenters. The topological polar surface area (TPSA) is 29.5 Å². The van der Waals surface area contributed by atoms with E-state index < -0.39 is 6.10 Å². The molecule has 1 aromatic carbocycles. The monoisotopic (exact) mass is 390 g/mol. The lowest BCUT2D eigenvalue weighted by Gasteiger charge is -2.13. The third-order valence-electron chi connectivity index (χ3n) is 2.41. The minimum absolute atomic E-state index is 0.512. The van der Waals surface area contributed by atoms with Crippen LogP contribution in [0.4, 0.5) is 0 Å². The smallest absolute Gasteiger partial charge is 0.125 e. The summed E-state index contributed by atoms with van der Waals surface area (Å²) in [7, 11) is 0. The third-order valence-corrected chi connectivity index (χ3v) is 4.58. The van der Waals surface area contributed by atoms with E-state index >= 15 is 0 Å². The van der Waals surface area contributed by atoms with Crippen molar-refractivity contribution in [2.24, 2.45) is 0 Å². The molecule has 0 spiro atoms. The fourth-order valence-corrected chi connectivity index (χ4v) is 3.30. The lowest BCUT2D eigenvalue weighted by Crippen LogP contribution is -2.00. The Hall–Kier alpha value is -0.360. The normalized spacial score (nSPS) is 12.4. The molecule has 18 heavy (non-hydrogen) atoms. The van der Waals surface area contributed by atoms with Crippen molar-refractivity contribution < 1.29 is 9.84 Å². The summed E-state index contributed by atoms with van der Waals surface area (Å²) < 4.78 is 7.76. The van der Waals surface area contributed by atoms with Gasteiger partial charge in [-0.25, -0.2) is 0 Å². The van der Waals surface area contributed by atoms with Crippen LogP contribution in [0.5, 0.6) is 5.75 Å². The summed E-state index contributed by atoms with van der Waals surface area (Å²) in [6, 6.07) is 7.69. The van der Waals surface area contributed by atoms with Crippen LogP contribution in [0.25, 0.3) is 0 Å². The van der Waals surface area contributed by atoms with Crippen LogP contribution in [0, 0.1) is 0 Å². The lowest BCUT2D eigenvalue weighted by molar-refractivity contribution is 0.190. The van der Waals surface area contributed by atoms with Gasteiger partial charge in [0.1, 0.15) is 12.4 Å². The largest absolute Gasteiger partial charge is 0.488 e. The first kappa shape index (κ1) is 14.1. The van der Waals surface area contributed by atoms with Crippen LogP contribution < -0.4 is 4.74 Å². The van der Waals surface area contributed by atoms with Crippen LogP contribution in [0.15, 0.2) is 38.6 Å². The first-order valence-electron chi connectivity index (χ1n) is 5.39. The molecule has 0 fully saturated rings. The summed E-state index contributed by atoms with van der Waals surface area (Å²) in [4.78, 5) is 1.14. The summed E-state index contributed by atoms with van der Waals surface area (Å²) in [6.45, 7) is 2.24. The van der Waals surface area contributed by atoms with Crippen LogP contribution in [0.3, 0.4) is 0 Å². The van der Waals surface area contributed by atoms with Crippen LogP contribution in [-0.4, -0.2) is 5.11 Å². The van der Waals surface area contributed by atoms with Crippen molar-refractivity contribution in [1.82, 2.24) is 0 Å². The number of thiophene rings is 1. The highest BCUT2D eigenvalue weighted by atomic mass is 79.9. The van der Waals surface area contributed by atoms with Crippen LogP contribution >= 0.6 is 43.2 Å². The Morgan fingerprint density at radius 1 is 1.28 bits per heavy atom. The molecular weight excluding hydrogens is 380 g/mol. The van der Waals surface area contributed by atoms with E-state index in [0.717, 1.165) is 25.1 Å². The summed E-state index contributed by atoms with van der Waals surface area (Å²) in [5.41, 5.74) is 0.792. The van der Waals surface area contributed by atoms with Gasteiger partial charge < -0.3 is 9.84 Å². The van der Waals surface area contributed by atoms with Gasteiger partial charge in [0.2, 0.25) is 0 Å². The molecule has 0 bridgehead atoms. The van der Waals surface area contributed by atoms with Gasteiger partial charge in [0.25, 0.3) is 0 Å². The number of halogens is 2. The van der Waals surface area contributed by atoms with Gasteiger partial charge in [-0.3, -0.25) is 0 Å². The summed E-state index contributed by atoms with van der Waals surface area (Å²) in [5, 5.41) is 11.7. The lowest BCUT2D eigenvalue weighted by atomic mass is 10.1. The summed E-state index contributed by atoms with van der Waals surface area (Å²) in [6.07, 6.45) is -0.549. The maximum Gasteiger partial charge on any atom is 0.125 e. The molecule has 2 rings (SSSR count). The Morgan fingerprint density at radius 3 is 2.67 bits per heavy atom. The van der Waals surface area contributed by atoms with Gasteiger partial charge in [-0.1, -0.05) is 15.9 Å². The van der Waals surface area contributed by atoms with Gasteiger partial charge in [-0.2, -0.15) is 0 Å². The number of aliphatic hydroxyl groups excluding tert-OH is 1. The van der Waals surface area contributed by atoms with Crippen molar-refractivity contribution in [3.8, 4) is 5.75 Å². The Balaban J connectivity index is 2.13. The molecule has 0 radical (unpaired) electrons. The second-order valence-electron chi connectivity index (χ2n) is 3.88. The number of benzene rings is 1. The fraction of sp³-hybridized carbons (Fsp3) is 0.231. The number of ether oxygens (including phenoxy) is 1. The molecule has 0 saturated heterocycles. The molecule has 5 heteroatoms. The van der Waals surface area contributed by atoms with E-state index in [0.29, 0.717) is 6.61 Å². The minimum atomic E-state index is -0.549. The van der Waals surface area contributed by atoms with E-state index in [2.05, 4.69) is 31.9 Å². The minimum Gasteiger partial charge on any atom is -0.488 e. The van der Waals surface area contributed by atoms with Crippen molar-refractivity contribution in [3.05, 3.63) is 49.0 Å². The van der Waals surface area contributed by atoms with Crippen molar-refractivity contribution in [2.75, 3.05) is 0 Å². The molecular formula is C13H12Br2O2S. The predicted molar refractivity (Wildman–Crippen MR) is 81.1 cm³/mol. The maximum absolute atomic E-state index is 9.72. The van der Waals surface area contributed by atoms with Gasteiger partial charge in [-0.05, 0) is 47.1 Å². The highest BCUT2D eigenvalue weighted by Crippen LogP contribution is 2.30. The van der Waals surface area contributed by atoms with E-state index in [1.54, 1.807) is 18.3 Å². The molecule has 2 nitrogen and oxygen atoms in total. The highest BCUT2D eigenvalue weighted by molar-refractivity contribution is 9.10. The first-order valence-corrected chi connectivity index (χ1v) is 7.86. The van der Waals surface area contributed by atoms with Crippen LogP contribution in [-0.2, 0) is 6.61 Å². The van der Waals surface area contributed by atoms with Gasteiger partial charge in [0.15, 0.2) is 0 Å². The molecule has 1 aromatic heterocycles. The molecule has 0 aliphatic rings.